The summed E-state index contributed by atoms with van der Waals surface area (Å²) in [5.74, 6) is 1.04. The monoisotopic (exact) mass is 627 g/mol. The van der Waals surface area contributed by atoms with Crippen LogP contribution < -0.4 is 9.64 Å². The van der Waals surface area contributed by atoms with Gasteiger partial charge in [0.05, 0.1) is 43.7 Å². The van der Waals surface area contributed by atoms with Gasteiger partial charge in [-0.15, -0.1) is 0 Å². The molecule has 1 aromatic carbocycles. The quantitative estimate of drug-likeness (QED) is 0.186. The summed E-state index contributed by atoms with van der Waals surface area (Å²) in [6.07, 6.45) is 13.5. The summed E-state index contributed by atoms with van der Waals surface area (Å²) in [6.45, 7) is 5.94. The van der Waals surface area contributed by atoms with Gasteiger partial charge in [0.25, 0.3) is 5.19 Å². The number of fused-ring (bicyclic) bond motifs is 1. The van der Waals surface area contributed by atoms with E-state index in [-0.39, 0.29) is 11.9 Å². The van der Waals surface area contributed by atoms with E-state index in [9.17, 15) is 8.42 Å². The summed E-state index contributed by atoms with van der Waals surface area (Å²) < 4.78 is 35.8. The number of piperidine rings is 1. The van der Waals surface area contributed by atoms with E-state index in [1.165, 1.54) is 11.1 Å². The van der Waals surface area contributed by atoms with Crippen molar-refractivity contribution in [2.45, 2.75) is 64.4 Å². The molecule has 3 aromatic rings. The Morgan fingerprint density at radius 3 is 2.49 bits per heavy atom. The summed E-state index contributed by atoms with van der Waals surface area (Å²) in [5.41, 5.74) is 4.46. The Morgan fingerprint density at radius 1 is 1.05 bits per heavy atom. The van der Waals surface area contributed by atoms with Gasteiger partial charge in [0, 0.05) is 51.4 Å². The van der Waals surface area contributed by atoms with Crippen molar-refractivity contribution in [3.63, 3.8) is 0 Å². The Bertz CT molecular complexity index is 1490. The lowest BCUT2D eigenvalue weighted by molar-refractivity contribution is -0.870. The molecule has 0 radical (unpaired) electrons. The average Bonchev–Trinajstić information content (AvgIpc) is 3.39. The Morgan fingerprint density at radius 2 is 1.81 bits per heavy atom. The minimum absolute atomic E-state index is 0.127. The third-order valence-electron chi connectivity index (χ3n) is 8.26. The number of nitrogens with zero attached hydrogens (tertiary/aromatic N) is 6. The molecule has 0 unspecified atom stereocenters. The molecule has 5 rings (SSSR count). The molecule has 2 aromatic heterocycles. The molecule has 0 amide bonds. The zero-order valence-corrected chi connectivity index (χ0v) is 27.8. The van der Waals surface area contributed by atoms with Gasteiger partial charge in [-0.05, 0) is 60.9 Å². The number of unbranched alkanes of at least 4 members (excludes halogenated alkanes) is 2. The van der Waals surface area contributed by atoms with E-state index >= 15 is 0 Å². The summed E-state index contributed by atoms with van der Waals surface area (Å²) in [5, 5.41) is 0.710. The molecule has 2 aliphatic heterocycles. The van der Waals surface area contributed by atoms with Crippen molar-refractivity contribution in [1.29, 1.82) is 0 Å². The number of thiazole rings is 1. The minimum atomic E-state index is -3.22. The van der Waals surface area contributed by atoms with Gasteiger partial charge in [-0.2, -0.15) is 4.31 Å². The molecule has 0 N–H and O–H groups in total. The van der Waals surface area contributed by atoms with E-state index in [2.05, 4.69) is 67.2 Å². The van der Waals surface area contributed by atoms with Crippen LogP contribution in [0.2, 0.25) is 0 Å². The van der Waals surface area contributed by atoms with Crippen molar-refractivity contribution in [3.8, 4) is 5.19 Å². The number of ether oxygens (including phenoxy) is 1. The van der Waals surface area contributed by atoms with Crippen LogP contribution in [0.1, 0.15) is 63.0 Å². The van der Waals surface area contributed by atoms with Gasteiger partial charge in [0.2, 0.25) is 16.0 Å². The lowest BCUT2D eigenvalue weighted by Crippen LogP contribution is -2.39. The number of sulfonamides is 1. The van der Waals surface area contributed by atoms with Crippen LogP contribution in [0.5, 0.6) is 5.19 Å². The molecule has 1 saturated heterocycles. The number of benzene rings is 1. The van der Waals surface area contributed by atoms with Gasteiger partial charge < -0.3 is 14.1 Å². The van der Waals surface area contributed by atoms with Crippen LogP contribution in [-0.2, 0) is 16.4 Å². The van der Waals surface area contributed by atoms with E-state index in [1.54, 1.807) is 15.6 Å². The maximum atomic E-state index is 12.9. The lowest BCUT2D eigenvalue weighted by atomic mass is 10.0. The van der Waals surface area contributed by atoms with Crippen LogP contribution in [0.15, 0.2) is 36.7 Å². The Balaban J connectivity index is 1.12. The molecule has 43 heavy (non-hydrogen) atoms. The van der Waals surface area contributed by atoms with Gasteiger partial charge in [0.1, 0.15) is 6.10 Å². The van der Waals surface area contributed by atoms with Crippen LogP contribution in [0.4, 0.5) is 5.95 Å². The van der Waals surface area contributed by atoms with E-state index in [0.717, 1.165) is 97.2 Å². The molecule has 11 heteroatoms. The number of quaternary nitrogens is 1. The summed E-state index contributed by atoms with van der Waals surface area (Å²) >= 11 is 1.59. The molecule has 0 atom stereocenters. The highest BCUT2D eigenvalue weighted by molar-refractivity contribution is 7.89. The predicted molar refractivity (Wildman–Crippen MR) is 176 cm³/mol. The van der Waals surface area contributed by atoms with Crippen molar-refractivity contribution in [2.75, 3.05) is 64.5 Å². The first-order valence-electron chi connectivity index (χ1n) is 15.7. The van der Waals surface area contributed by atoms with Crippen LogP contribution in [0, 0.1) is 0 Å². The van der Waals surface area contributed by atoms with Crippen LogP contribution in [0.25, 0.3) is 15.8 Å². The highest BCUT2D eigenvalue weighted by Gasteiger charge is 2.25. The van der Waals surface area contributed by atoms with Crippen molar-refractivity contribution < 1.29 is 17.6 Å². The second-order valence-electron chi connectivity index (χ2n) is 12.8. The predicted octanol–water partition coefficient (Wildman–Crippen LogP) is 5.38. The molecule has 2 aliphatic rings. The van der Waals surface area contributed by atoms with Gasteiger partial charge in [-0.3, -0.25) is 0 Å². The Kier molecular flexibility index (Phi) is 10.4. The molecule has 1 fully saturated rings. The summed E-state index contributed by atoms with van der Waals surface area (Å²) in [6, 6.07) is 6.32. The molecule has 0 saturated carbocycles. The zero-order valence-electron chi connectivity index (χ0n) is 26.2. The van der Waals surface area contributed by atoms with Gasteiger partial charge >= 0.3 is 0 Å². The van der Waals surface area contributed by atoms with Gasteiger partial charge in [-0.1, -0.05) is 36.8 Å². The first-order valence-corrected chi connectivity index (χ1v) is 18.1. The fourth-order valence-electron chi connectivity index (χ4n) is 5.74. The number of anilines is 1. The second kappa shape index (κ2) is 14.0. The molecule has 0 aliphatic carbocycles. The Hall–Kier alpha value is -2.60. The molecular formula is C32H47N6O3S2+. The maximum Gasteiger partial charge on any atom is 0.274 e. The molecule has 234 valence electrons. The smallest absolute Gasteiger partial charge is 0.274 e. The number of hydrogen-bond acceptors (Lipinski definition) is 8. The second-order valence-corrected chi connectivity index (χ2v) is 15.9. The fourth-order valence-corrected chi connectivity index (χ4v) is 8.16. The van der Waals surface area contributed by atoms with Crippen molar-refractivity contribution in [3.05, 3.63) is 47.8 Å². The first-order chi connectivity index (χ1) is 20.6. The van der Waals surface area contributed by atoms with E-state index in [0.29, 0.717) is 18.3 Å². The number of aromatic nitrogens is 3. The summed E-state index contributed by atoms with van der Waals surface area (Å²) in [7, 11) is 3.29. The van der Waals surface area contributed by atoms with Gasteiger partial charge in [0.15, 0.2) is 0 Å². The molecule has 4 heterocycles. The van der Waals surface area contributed by atoms with E-state index in [1.807, 2.05) is 12.4 Å². The highest BCUT2D eigenvalue weighted by Crippen LogP contribution is 2.33. The molecule has 0 bridgehead atoms. The normalized spacial score (nSPS) is 17.4. The molecular weight excluding hydrogens is 581 g/mol. The highest BCUT2D eigenvalue weighted by atomic mass is 32.2. The van der Waals surface area contributed by atoms with Crippen molar-refractivity contribution in [2.24, 2.45) is 0 Å². The number of aryl methyl sites for hydroxylation is 1. The SMILES string of the molecule is CCCc1cnc(N2CCC(Oc3nc4ccc(C5=CCN(S(=O)(=O)CCCCC[N+](C)(C)C)CC5)cc4s3)CC2)nc1. The third-order valence-corrected chi connectivity index (χ3v) is 11.1. The first kappa shape index (κ1) is 31.8. The van der Waals surface area contributed by atoms with Crippen molar-refractivity contribution in [1.82, 2.24) is 19.3 Å². The third kappa shape index (κ3) is 8.74. The minimum Gasteiger partial charge on any atom is -0.467 e. The van der Waals surface area contributed by atoms with Crippen LogP contribution >= 0.6 is 11.3 Å². The van der Waals surface area contributed by atoms with E-state index < -0.39 is 10.0 Å². The van der Waals surface area contributed by atoms with Crippen molar-refractivity contribution >= 4 is 43.1 Å². The number of hydrogen-bond donors (Lipinski definition) is 0. The average molecular weight is 628 g/mol. The van der Waals surface area contributed by atoms with Crippen LogP contribution in [0.3, 0.4) is 0 Å². The standard InChI is InChI=1S/C32H47N6O3S2/c1-5-9-25-23-33-31(34-24-25)36-16-14-28(15-17-36)41-32-35-29-11-10-27(22-30(29)42-32)26-12-18-37(19-13-26)43(39,40)21-8-6-7-20-38(2,3)4/h10-12,22-24,28H,5-9,13-21H2,1-4H3/q+1. The maximum absolute atomic E-state index is 12.9. The lowest BCUT2D eigenvalue weighted by Gasteiger charge is -2.31. The Labute approximate surface area is 261 Å². The van der Waals surface area contributed by atoms with Crippen LogP contribution in [-0.4, -0.2) is 97.9 Å². The zero-order chi connectivity index (χ0) is 30.5. The molecule has 9 nitrogen and oxygen atoms in total. The topological polar surface area (TPSA) is 88.5 Å². The van der Waals surface area contributed by atoms with E-state index in [4.69, 9.17) is 9.72 Å². The number of rotatable bonds is 13. The fraction of sp³-hybridized carbons (Fsp3) is 0.594. The molecule has 0 spiro atoms. The van der Waals surface area contributed by atoms with Gasteiger partial charge in [-0.25, -0.2) is 23.4 Å². The largest absolute Gasteiger partial charge is 0.467 e. The summed E-state index contributed by atoms with van der Waals surface area (Å²) in [4.78, 5) is 16.1.